The minimum Gasteiger partial charge on any atom is -0.398 e. The van der Waals surface area contributed by atoms with Crippen molar-refractivity contribution in [3.8, 4) is 0 Å². The largest absolute Gasteiger partial charge is 0.398 e. The molecule has 0 aliphatic carbocycles. The molecule has 2 atom stereocenters. The van der Waals surface area contributed by atoms with Crippen LogP contribution in [0.2, 0.25) is 0 Å². The van der Waals surface area contributed by atoms with Gasteiger partial charge < -0.3 is 10.6 Å². The highest BCUT2D eigenvalue weighted by Gasteiger charge is 2.29. The van der Waals surface area contributed by atoms with Crippen LogP contribution in [0.25, 0.3) is 10.9 Å². The Morgan fingerprint density at radius 2 is 2.25 bits per heavy atom. The first-order valence-corrected chi connectivity index (χ1v) is 7.85. The highest BCUT2D eigenvalue weighted by molar-refractivity contribution is 8.00. The minimum absolute atomic E-state index is 0.275. The molecule has 3 nitrogen and oxygen atoms in total. The fourth-order valence-electron chi connectivity index (χ4n) is 2.74. The summed E-state index contributed by atoms with van der Waals surface area (Å²) in [6.07, 6.45) is 1.69. The molecule has 1 aromatic heterocycles. The number of halogens is 1. The Bertz CT molecular complexity index is 646. The Labute approximate surface area is 122 Å². The van der Waals surface area contributed by atoms with Gasteiger partial charge in [0, 0.05) is 40.9 Å². The van der Waals surface area contributed by atoms with Crippen LogP contribution in [0.5, 0.6) is 0 Å². The van der Waals surface area contributed by atoms with Gasteiger partial charge in [0.25, 0.3) is 0 Å². The Kier molecular flexibility index (Phi) is 3.46. The van der Waals surface area contributed by atoms with E-state index in [4.69, 9.17) is 5.73 Å². The van der Waals surface area contributed by atoms with Crippen molar-refractivity contribution in [1.29, 1.82) is 0 Å². The number of pyridine rings is 1. The van der Waals surface area contributed by atoms with Crippen LogP contribution in [-0.4, -0.2) is 28.6 Å². The summed E-state index contributed by atoms with van der Waals surface area (Å²) in [4.78, 5) is 6.50. The first-order valence-electron chi connectivity index (χ1n) is 6.80. The highest BCUT2D eigenvalue weighted by atomic mass is 32.2. The number of thioether (sulfide) groups is 1. The second kappa shape index (κ2) is 5.13. The van der Waals surface area contributed by atoms with E-state index in [-0.39, 0.29) is 11.9 Å². The molecule has 1 aliphatic rings. The van der Waals surface area contributed by atoms with Crippen molar-refractivity contribution >= 4 is 34.0 Å². The van der Waals surface area contributed by atoms with Crippen LogP contribution in [0.1, 0.15) is 13.8 Å². The van der Waals surface area contributed by atoms with Crippen LogP contribution in [-0.2, 0) is 0 Å². The number of aromatic nitrogens is 1. The molecule has 0 amide bonds. The molecule has 1 aromatic carbocycles. The summed E-state index contributed by atoms with van der Waals surface area (Å²) in [5, 5.41) is 1.29. The number of hydrogen-bond donors (Lipinski definition) is 1. The third-order valence-corrected chi connectivity index (χ3v) is 5.36. The lowest BCUT2D eigenvalue weighted by atomic mass is 10.1. The van der Waals surface area contributed by atoms with Crippen molar-refractivity contribution in [3.05, 3.63) is 30.2 Å². The summed E-state index contributed by atoms with van der Waals surface area (Å²) in [6, 6.07) is 5.42. The number of nitrogens with two attached hydrogens (primary N) is 1. The van der Waals surface area contributed by atoms with Crippen LogP contribution in [0, 0.1) is 5.82 Å². The lowest BCUT2D eigenvalue weighted by Crippen LogP contribution is -2.45. The van der Waals surface area contributed by atoms with E-state index in [2.05, 4.69) is 23.7 Å². The number of hydrogen-bond acceptors (Lipinski definition) is 4. The molecule has 106 valence electrons. The smallest absolute Gasteiger partial charge is 0.150 e. The molecular formula is C15H18FN3S. The average Bonchev–Trinajstić information content (AvgIpc) is 2.43. The molecule has 0 radical (unpaired) electrons. The number of benzene rings is 1. The normalized spacial score (nSPS) is 23.2. The number of nitrogen functional groups attached to an aromatic ring is 1. The van der Waals surface area contributed by atoms with Crippen LogP contribution >= 0.6 is 11.8 Å². The van der Waals surface area contributed by atoms with Gasteiger partial charge in [-0.2, -0.15) is 11.8 Å². The molecule has 2 aromatic rings. The topological polar surface area (TPSA) is 42.1 Å². The number of anilines is 2. The van der Waals surface area contributed by atoms with Crippen LogP contribution in [0.15, 0.2) is 24.4 Å². The van der Waals surface area contributed by atoms with Gasteiger partial charge in [0.2, 0.25) is 0 Å². The zero-order valence-corrected chi connectivity index (χ0v) is 12.5. The van der Waals surface area contributed by atoms with Crippen molar-refractivity contribution in [2.24, 2.45) is 0 Å². The minimum atomic E-state index is -0.278. The van der Waals surface area contributed by atoms with E-state index in [1.54, 1.807) is 6.20 Å². The summed E-state index contributed by atoms with van der Waals surface area (Å²) in [5.74, 6) is 0.726. The zero-order valence-electron chi connectivity index (χ0n) is 11.6. The molecule has 2 heterocycles. The van der Waals surface area contributed by atoms with Crippen LogP contribution < -0.4 is 10.6 Å². The van der Waals surface area contributed by atoms with Crippen LogP contribution in [0.3, 0.4) is 0 Å². The van der Waals surface area contributed by atoms with Crippen molar-refractivity contribution in [2.45, 2.75) is 25.1 Å². The standard InChI is InChI=1S/C15H18FN3S/c1-9-10(2)20-7-6-19(9)15-12(16)8-13(17)11-4-3-5-18-14(11)15/h3-5,8-10H,6-7,17H2,1-2H3. The highest BCUT2D eigenvalue weighted by Crippen LogP contribution is 2.36. The molecule has 0 bridgehead atoms. The molecule has 0 spiro atoms. The molecule has 1 saturated heterocycles. The number of fused-ring (bicyclic) bond motifs is 1. The van der Waals surface area contributed by atoms with Gasteiger partial charge in [-0.05, 0) is 25.1 Å². The van der Waals surface area contributed by atoms with Crippen molar-refractivity contribution in [2.75, 3.05) is 22.9 Å². The predicted molar refractivity (Wildman–Crippen MR) is 84.8 cm³/mol. The summed E-state index contributed by atoms with van der Waals surface area (Å²) in [7, 11) is 0. The fourth-order valence-corrected chi connectivity index (χ4v) is 3.84. The van der Waals surface area contributed by atoms with Gasteiger partial charge in [-0.15, -0.1) is 0 Å². The molecule has 2 N–H and O–H groups in total. The van der Waals surface area contributed by atoms with Gasteiger partial charge in [0.05, 0.1) is 5.52 Å². The maximum absolute atomic E-state index is 14.5. The van der Waals surface area contributed by atoms with Crippen molar-refractivity contribution < 1.29 is 4.39 Å². The van der Waals surface area contributed by atoms with E-state index in [1.807, 2.05) is 23.9 Å². The van der Waals surface area contributed by atoms with E-state index in [0.29, 0.717) is 22.1 Å². The Hall–Kier alpha value is -1.49. The maximum Gasteiger partial charge on any atom is 0.150 e. The number of nitrogens with zero attached hydrogens (tertiary/aromatic N) is 2. The molecule has 3 rings (SSSR count). The van der Waals surface area contributed by atoms with Gasteiger partial charge >= 0.3 is 0 Å². The van der Waals surface area contributed by atoms with Gasteiger partial charge in [0.15, 0.2) is 5.82 Å². The predicted octanol–water partition coefficient (Wildman–Crippen LogP) is 3.29. The fraction of sp³-hybridized carbons (Fsp3) is 0.400. The van der Waals surface area contributed by atoms with E-state index in [9.17, 15) is 4.39 Å². The van der Waals surface area contributed by atoms with E-state index < -0.39 is 0 Å². The molecule has 5 heteroatoms. The monoisotopic (exact) mass is 291 g/mol. The summed E-state index contributed by atoms with van der Waals surface area (Å²) >= 11 is 1.93. The first-order chi connectivity index (χ1) is 9.59. The van der Waals surface area contributed by atoms with E-state index >= 15 is 0 Å². The lowest BCUT2D eigenvalue weighted by Gasteiger charge is -2.39. The lowest BCUT2D eigenvalue weighted by molar-refractivity contribution is 0.585. The SMILES string of the molecule is CC1SCCN(c2c(F)cc(N)c3cccnc23)C1C. The van der Waals surface area contributed by atoms with E-state index in [1.165, 1.54) is 6.07 Å². The average molecular weight is 291 g/mol. The number of rotatable bonds is 1. The van der Waals surface area contributed by atoms with E-state index in [0.717, 1.165) is 17.7 Å². The second-order valence-electron chi connectivity index (χ2n) is 5.21. The van der Waals surface area contributed by atoms with Crippen molar-refractivity contribution in [3.63, 3.8) is 0 Å². The summed E-state index contributed by atoms with van der Waals surface area (Å²) in [5.41, 5.74) is 7.62. The van der Waals surface area contributed by atoms with Gasteiger partial charge in [-0.1, -0.05) is 6.92 Å². The third-order valence-electron chi connectivity index (χ3n) is 4.02. The van der Waals surface area contributed by atoms with Gasteiger partial charge in [-0.3, -0.25) is 4.98 Å². The Morgan fingerprint density at radius 3 is 3.05 bits per heavy atom. The van der Waals surface area contributed by atoms with Crippen molar-refractivity contribution in [1.82, 2.24) is 4.98 Å². The summed E-state index contributed by atoms with van der Waals surface area (Å²) < 4.78 is 14.5. The third kappa shape index (κ3) is 2.10. The molecular weight excluding hydrogens is 273 g/mol. The molecule has 1 aliphatic heterocycles. The van der Waals surface area contributed by atoms with Gasteiger partial charge in [0.1, 0.15) is 5.69 Å². The van der Waals surface area contributed by atoms with Gasteiger partial charge in [-0.25, -0.2) is 4.39 Å². The Balaban J connectivity index is 2.20. The summed E-state index contributed by atoms with van der Waals surface area (Å²) in [6.45, 7) is 5.16. The first kappa shape index (κ1) is 13.5. The zero-order chi connectivity index (χ0) is 14.3. The second-order valence-corrected chi connectivity index (χ2v) is 6.69. The van der Waals surface area contributed by atoms with Crippen LogP contribution in [0.4, 0.5) is 15.8 Å². The Morgan fingerprint density at radius 1 is 1.45 bits per heavy atom. The molecule has 20 heavy (non-hydrogen) atoms. The molecule has 0 saturated carbocycles. The quantitative estimate of drug-likeness (QED) is 0.819. The molecule has 2 unspecified atom stereocenters. The molecule has 1 fully saturated rings. The maximum atomic E-state index is 14.5.